The van der Waals surface area contributed by atoms with E-state index in [1.807, 2.05) is 29.9 Å². The molecule has 4 heteroatoms. The Morgan fingerprint density at radius 3 is 2.76 bits per heavy atom. The molecule has 3 nitrogen and oxygen atoms in total. The maximum absolute atomic E-state index is 6.14. The zero-order valence-corrected chi connectivity index (χ0v) is 10.8. The second-order valence-electron chi connectivity index (χ2n) is 4.07. The van der Waals surface area contributed by atoms with Gasteiger partial charge in [-0.1, -0.05) is 23.7 Å². The van der Waals surface area contributed by atoms with Gasteiger partial charge in [-0.15, -0.1) is 0 Å². The molecule has 2 aromatic rings. The molecule has 1 heterocycles. The molecular weight excluding hydrogens is 234 g/mol. The highest BCUT2D eigenvalue weighted by Crippen LogP contribution is 2.30. The quantitative estimate of drug-likeness (QED) is 0.909. The summed E-state index contributed by atoms with van der Waals surface area (Å²) in [5.74, 6) is 0. The molecule has 0 aliphatic rings. The zero-order chi connectivity index (χ0) is 12.4. The Bertz CT molecular complexity index is 531. The van der Waals surface area contributed by atoms with E-state index in [0.717, 1.165) is 34.0 Å². The summed E-state index contributed by atoms with van der Waals surface area (Å²) in [6.45, 7) is 5.41. The van der Waals surface area contributed by atoms with Gasteiger partial charge >= 0.3 is 0 Å². The fourth-order valence-electron chi connectivity index (χ4n) is 1.96. The van der Waals surface area contributed by atoms with Gasteiger partial charge in [-0.25, -0.2) is 0 Å². The van der Waals surface area contributed by atoms with Crippen LogP contribution in [0.25, 0.3) is 11.1 Å². The van der Waals surface area contributed by atoms with Crippen molar-refractivity contribution in [1.29, 1.82) is 0 Å². The van der Waals surface area contributed by atoms with Crippen LogP contribution >= 0.6 is 11.6 Å². The molecule has 0 aliphatic carbocycles. The van der Waals surface area contributed by atoms with Gasteiger partial charge in [0.05, 0.1) is 12.7 Å². The van der Waals surface area contributed by atoms with E-state index >= 15 is 0 Å². The Balaban J connectivity index is 2.50. The summed E-state index contributed by atoms with van der Waals surface area (Å²) >= 11 is 6.14. The lowest BCUT2D eigenvalue weighted by Crippen LogP contribution is -2.12. The van der Waals surface area contributed by atoms with Gasteiger partial charge in [0.25, 0.3) is 0 Å². The largest absolute Gasteiger partial charge is 0.329 e. The van der Waals surface area contributed by atoms with Crippen LogP contribution in [0.15, 0.2) is 24.4 Å². The third kappa shape index (κ3) is 2.21. The maximum atomic E-state index is 6.14. The standard InChI is InChI=1S/C13H16ClN3/c1-9-11(4-3-5-13(9)14)12-8-16-17(7-6-15)10(12)2/h3-5,8H,6-7,15H2,1-2H3. The zero-order valence-electron chi connectivity index (χ0n) is 10.1. The number of nitrogens with zero attached hydrogens (tertiary/aromatic N) is 2. The molecule has 17 heavy (non-hydrogen) atoms. The molecule has 0 unspecified atom stereocenters. The summed E-state index contributed by atoms with van der Waals surface area (Å²) in [6.07, 6.45) is 1.88. The molecule has 2 N–H and O–H groups in total. The number of benzene rings is 1. The summed E-state index contributed by atoms with van der Waals surface area (Å²) in [5, 5.41) is 5.13. The maximum Gasteiger partial charge on any atom is 0.0571 e. The molecule has 90 valence electrons. The number of hydrogen-bond acceptors (Lipinski definition) is 2. The van der Waals surface area contributed by atoms with E-state index in [9.17, 15) is 0 Å². The van der Waals surface area contributed by atoms with Crippen molar-refractivity contribution in [3.63, 3.8) is 0 Å². The molecular formula is C13H16ClN3. The molecule has 0 bridgehead atoms. The lowest BCUT2D eigenvalue weighted by Gasteiger charge is -2.07. The second-order valence-corrected chi connectivity index (χ2v) is 4.48. The molecule has 0 saturated heterocycles. The highest BCUT2D eigenvalue weighted by Gasteiger charge is 2.11. The number of halogens is 1. The fourth-order valence-corrected chi connectivity index (χ4v) is 2.13. The van der Waals surface area contributed by atoms with E-state index in [0.29, 0.717) is 6.54 Å². The Hall–Kier alpha value is -1.32. The van der Waals surface area contributed by atoms with E-state index in [1.54, 1.807) is 0 Å². The highest BCUT2D eigenvalue weighted by atomic mass is 35.5. The molecule has 0 fully saturated rings. The Labute approximate surface area is 106 Å². The van der Waals surface area contributed by atoms with Gasteiger partial charge in [0.2, 0.25) is 0 Å². The highest BCUT2D eigenvalue weighted by molar-refractivity contribution is 6.31. The van der Waals surface area contributed by atoms with Crippen molar-refractivity contribution >= 4 is 11.6 Å². The predicted octanol–water partition coefficient (Wildman–Crippen LogP) is 2.78. The van der Waals surface area contributed by atoms with Crippen LogP contribution in [0.4, 0.5) is 0 Å². The van der Waals surface area contributed by atoms with Crippen molar-refractivity contribution in [3.05, 3.63) is 40.7 Å². The smallest absolute Gasteiger partial charge is 0.0571 e. The van der Waals surface area contributed by atoms with Crippen LogP contribution in [-0.4, -0.2) is 16.3 Å². The van der Waals surface area contributed by atoms with E-state index < -0.39 is 0 Å². The lowest BCUT2D eigenvalue weighted by atomic mass is 10.0. The SMILES string of the molecule is Cc1c(Cl)cccc1-c1cnn(CCN)c1C. The van der Waals surface area contributed by atoms with Gasteiger partial charge in [0.15, 0.2) is 0 Å². The first kappa shape index (κ1) is 12.1. The van der Waals surface area contributed by atoms with Crippen LogP contribution < -0.4 is 5.73 Å². The van der Waals surface area contributed by atoms with Crippen molar-refractivity contribution in [3.8, 4) is 11.1 Å². The van der Waals surface area contributed by atoms with Crippen molar-refractivity contribution < 1.29 is 0 Å². The van der Waals surface area contributed by atoms with Crippen molar-refractivity contribution in [2.45, 2.75) is 20.4 Å². The number of rotatable bonds is 3. The summed E-state index contributed by atoms with van der Waals surface area (Å²) in [4.78, 5) is 0. The van der Waals surface area contributed by atoms with E-state index in [-0.39, 0.29) is 0 Å². The van der Waals surface area contributed by atoms with Crippen molar-refractivity contribution in [2.75, 3.05) is 6.54 Å². The van der Waals surface area contributed by atoms with E-state index in [4.69, 9.17) is 17.3 Å². The normalized spacial score (nSPS) is 10.8. The number of nitrogens with two attached hydrogens (primary N) is 1. The molecule has 0 saturated carbocycles. The summed E-state index contributed by atoms with van der Waals surface area (Å²) in [5.41, 5.74) is 10.0. The van der Waals surface area contributed by atoms with Gasteiger partial charge in [-0.3, -0.25) is 4.68 Å². The Kier molecular flexibility index (Phi) is 3.50. The van der Waals surface area contributed by atoms with Crippen LogP contribution in [0.1, 0.15) is 11.3 Å². The van der Waals surface area contributed by atoms with Gasteiger partial charge in [-0.05, 0) is 31.0 Å². The van der Waals surface area contributed by atoms with Crippen LogP contribution in [-0.2, 0) is 6.54 Å². The van der Waals surface area contributed by atoms with Crippen LogP contribution in [0.2, 0.25) is 5.02 Å². The third-order valence-corrected chi connectivity index (χ3v) is 3.41. The molecule has 0 atom stereocenters. The van der Waals surface area contributed by atoms with Crippen LogP contribution in [0, 0.1) is 13.8 Å². The first-order valence-corrected chi connectivity index (χ1v) is 6.01. The monoisotopic (exact) mass is 249 g/mol. The number of aromatic nitrogens is 2. The minimum Gasteiger partial charge on any atom is -0.329 e. The van der Waals surface area contributed by atoms with Gasteiger partial charge in [0.1, 0.15) is 0 Å². The Morgan fingerprint density at radius 1 is 1.29 bits per heavy atom. The van der Waals surface area contributed by atoms with Crippen molar-refractivity contribution in [2.24, 2.45) is 5.73 Å². The van der Waals surface area contributed by atoms with Gasteiger partial charge in [0, 0.05) is 22.8 Å². The van der Waals surface area contributed by atoms with Gasteiger partial charge in [-0.2, -0.15) is 5.10 Å². The minimum atomic E-state index is 0.594. The lowest BCUT2D eigenvalue weighted by molar-refractivity contribution is 0.608. The third-order valence-electron chi connectivity index (χ3n) is 3.00. The average Bonchev–Trinajstić information content (AvgIpc) is 2.66. The van der Waals surface area contributed by atoms with Crippen LogP contribution in [0.3, 0.4) is 0 Å². The molecule has 0 radical (unpaired) electrons. The van der Waals surface area contributed by atoms with E-state index in [2.05, 4.69) is 18.1 Å². The summed E-state index contributed by atoms with van der Waals surface area (Å²) in [7, 11) is 0. The predicted molar refractivity (Wildman–Crippen MR) is 71.2 cm³/mol. The van der Waals surface area contributed by atoms with E-state index in [1.165, 1.54) is 0 Å². The van der Waals surface area contributed by atoms with Crippen molar-refractivity contribution in [1.82, 2.24) is 9.78 Å². The first-order valence-electron chi connectivity index (χ1n) is 5.63. The first-order chi connectivity index (χ1) is 8.15. The molecule has 1 aromatic carbocycles. The van der Waals surface area contributed by atoms with Crippen LogP contribution in [0.5, 0.6) is 0 Å². The average molecular weight is 250 g/mol. The molecule has 0 amide bonds. The topological polar surface area (TPSA) is 43.8 Å². The summed E-state index contributed by atoms with van der Waals surface area (Å²) < 4.78 is 1.93. The molecule has 1 aromatic heterocycles. The minimum absolute atomic E-state index is 0.594. The second kappa shape index (κ2) is 4.90. The fraction of sp³-hybridized carbons (Fsp3) is 0.308. The molecule has 0 spiro atoms. The molecule has 0 aliphatic heterocycles. The molecule has 2 rings (SSSR count). The number of hydrogen-bond donors (Lipinski definition) is 1. The van der Waals surface area contributed by atoms with Gasteiger partial charge < -0.3 is 5.73 Å². The Morgan fingerprint density at radius 2 is 2.06 bits per heavy atom. The summed E-state index contributed by atoms with van der Waals surface area (Å²) in [6, 6.07) is 5.93.